The molecular formula is C19H26N6O3. The first-order chi connectivity index (χ1) is 13.7. The van der Waals surface area contributed by atoms with Crippen LogP contribution in [0.5, 0.6) is 0 Å². The van der Waals surface area contributed by atoms with E-state index in [0.717, 1.165) is 24.6 Å². The quantitative estimate of drug-likeness (QED) is 0.733. The van der Waals surface area contributed by atoms with Gasteiger partial charge >= 0.3 is 0 Å². The second-order valence-corrected chi connectivity index (χ2v) is 7.30. The fraction of sp³-hybridized carbons (Fsp3) is 0.579. The first kappa shape index (κ1) is 18.7. The smallest absolute Gasteiger partial charge is 0.227 e. The summed E-state index contributed by atoms with van der Waals surface area (Å²) < 4.78 is 6.84. The minimum absolute atomic E-state index is 0.110. The third-order valence-electron chi connectivity index (χ3n) is 5.57. The number of fused-ring (bicyclic) bond motifs is 1. The zero-order valence-electron chi connectivity index (χ0n) is 16.2. The van der Waals surface area contributed by atoms with Crippen molar-refractivity contribution in [3.8, 4) is 0 Å². The van der Waals surface area contributed by atoms with Crippen LogP contribution in [0.4, 0.5) is 5.82 Å². The maximum atomic E-state index is 13.0. The van der Waals surface area contributed by atoms with Gasteiger partial charge in [-0.3, -0.25) is 9.59 Å². The number of anilines is 1. The minimum atomic E-state index is -0.110. The van der Waals surface area contributed by atoms with Crippen LogP contribution in [0.3, 0.4) is 0 Å². The SMILES string of the molecule is COCCN1C[C@@H](C(=O)N2CCN(c3ccc4nccn4n3)CC2)CCC1=O. The highest BCUT2D eigenvalue weighted by atomic mass is 16.5. The third kappa shape index (κ3) is 3.80. The molecule has 2 amide bonds. The number of hydrogen-bond donors (Lipinski definition) is 0. The van der Waals surface area contributed by atoms with Crippen LogP contribution in [0.15, 0.2) is 24.5 Å². The molecule has 28 heavy (non-hydrogen) atoms. The van der Waals surface area contributed by atoms with Crippen LogP contribution < -0.4 is 4.90 Å². The van der Waals surface area contributed by atoms with Gasteiger partial charge in [-0.25, -0.2) is 9.50 Å². The number of rotatable bonds is 5. The van der Waals surface area contributed by atoms with E-state index in [9.17, 15) is 9.59 Å². The summed E-state index contributed by atoms with van der Waals surface area (Å²) in [4.78, 5) is 35.1. The average molecular weight is 386 g/mol. The van der Waals surface area contributed by atoms with Crippen molar-refractivity contribution in [3.63, 3.8) is 0 Å². The predicted molar refractivity (Wildman–Crippen MR) is 103 cm³/mol. The zero-order valence-corrected chi connectivity index (χ0v) is 16.2. The Morgan fingerprint density at radius 2 is 2.07 bits per heavy atom. The molecule has 0 radical (unpaired) electrons. The number of ether oxygens (including phenoxy) is 1. The Hall–Kier alpha value is -2.68. The molecule has 2 fully saturated rings. The summed E-state index contributed by atoms with van der Waals surface area (Å²) in [5.74, 6) is 1.06. The molecule has 2 aliphatic rings. The number of piperidine rings is 1. The van der Waals surface area contributed by atoms with E-state index in [1.807, 2.05) is 23.2 Å². The summed E-state index contributed by atoms with van der Waals surface area (Å²) in [5, 5.41) is 4.59. The number of carbonyl (C=O) groups excluding carboxylic acids is 2. The number of piperazine rings is 1. The van der Waals surface area contributed by atoms with Gasteiger partial charge in [-0.05, 0) is 18.6 Å². The number of nitrogens with zero attached hydrogens (tertiary/aromatic N) is 6. The van der Waals surface area contributed by atoms with E-state index in [1.165, 1.54) is 0 Å². The van der Waals surface area contributed by atoms with Crippen molar-refractivity contribution in [1.82, 2.24) is 24.4 Å². The lowest BCUT2D eigenvalue weighted by molar-refractivity contribution is -0.143. The van der Waals surface area contributed by atoms with Crippen LogP contribution in [0.1, 0.15) is 12.8 Å². The van der Waals surface area contributed by atoms with Crippen LogP contribution in [-0.2, 0) is 14.3 Å². The monoisotopic (exact) mass is 386 g/mol. The molecule has 0 spiro atoms. The maximum absolute atomic E-state index is 13.0. The van der Waals surface area contributed by atoms with Gasteiger partial charge in [0.15, 0.2) is 5.65 Å². The molecule has 2 saturated heterocycles. The van der Waals surface area contributed by atoms with Crippen molar-refractivity contribution in [1.29, 1.82) is 0 Å². The Labute approximate surface area is 163 Å². The summed E-state index contributed by atoms with van der Waals surface area (Å²) >= 11 is 0. The number of aromatic nitrogens is 3. The summed E-state index contributed by atoms with van der Waals surface area (Å²) in [6, 6.07) is 3.92. The van der Waals surface area contributed by atoms with Crippen LogP contribution >= 0.6 is 0 Å². The second-order valence-electron chi connectivity index (χ2n) is 7.30. The normalized spacial score (nSPS) is 20.8. The number of methoxy groups -OCH3 is 1. The topological polar surface area (TPSA) is 83.3 Å². The molecule has 0 N–H and O–H groups in total. The van der Waals surface area contributed by atoms with Gasteiger partial charge in [0.1, 0.15) is 5.82 Å². The zero-order chi connectivity index (χ0) is 19.5. The Bertz CT molecular complexity index is 845. The van der Waals surface area contributed by atoms with E-state index >= 15 is 0 Å². The third-order valence-corrected chi connectivity index (χ3v) is 5.57. The van der Waals surface area contributed by atoms with Crippen LogP contribution in [0, 0.1) is 5.92 Å². The first-order valence-electron chi connectivity index (χ1n) is 9.76. The van der Waals surface area contributed by atoms with Gasteiger partial charge in [0.25, 0.3) is 0 Å². The van der Waals surface area contributed by atoms with Crippen molar-refractivity contribution < 1.29 is 14.3 Å². The molecule has 0 unspecified atom stereocenters. The number of carbonyl (C=O) groups is 2. The lowest BCUT2D eigenvalue weighted by Crippen LogP contribution is -2.53. The van der Waals surface area contributed by atoms with Gasteiger partial charge in [-0.2, -0.15) is 0 Å². The largest absolute Gasteiger partial charge is 0.383 e. The highest BCUT2D eigenvalue weighted by molar-refractivity contribution is 5.84. The molecular weight excluding hydrogens is 360 g/mol. The standard InChI is InChI=1S/C19H26N6O3/c1-28-13-12-24-14-15(2-5-18(24)26)19(27)23-10-8-22(9-11-23)17-4-3-16-20-6-7-25(16)21-17/h3-4,6-7,15H,2,5,8-14H2,1H3/t15-/m0/s1. The molecule has 9 nitrogen and oxygen atoms in total. The van der Waals surface area contributed by atoms with E-state index in [2.05, 4.69) is 15.0 Å². The fourth-order valence-electron chi connectivity index (χ4n) is 3.92. The highest BCUT2D eigenvalue weighted by Crippen LogP contribution is 2.21. The van der Waals surface area contributed by atoms with Crippen LogP contribution in [0.25, 0.3) is 5.65 Å². The first-order valence-corrected chi connectivity index (χ1v) is 9.76. The molecule has 150 valence electrons. The van der Waals surface area contributed by atoms with E-state index < -0.39 is 0 Å². The van der Waals surface area contributed by atoms with E-state index in [-0.39, 0.29) is 17.7 Å². The van der Waals surface area contributed by atoms with Gasteiger partial charge in [0.05, 0.1) is 12.5 Å². The number of amides is 2. The van der Waals surface area contributed by atoms with Gasteiger partial charge in [-0.1, -0.05) is 0 Å². The predicted octanol–water partition coefficient (Wildman–Crippen LogP) is 0.263. The van der Waals surface area contributed by atoms with Crippen LogP contribution in [0.2, 0.25) is 0 Å². The lowest BCUT2D eigenvalue weighted by atomic mass is 9.95. The summed E-state index contributed by atoms with van der Waals surface area (Å²) in [7, 11) is 1.62. The minimum Gasteiger partial charge on any atom is -0.383 e. The van der Waals surface area contributed by atoms with Crippen LogP contribution in [-0.4, -0.2) is 89.2 Å². The molecule has 0 saturated carbocycles. The molecule has 2 aromatic heterocycles. The van der Waals surface area contributed by atoms with Crippen molar-refractivity contribution >= 4 is 23.3 Å². The molecule has 1 atom stereocenters. The number of likely N-dealkylation sites (tertiary alicyclic amines) is 1. The summed E-state index contributed by atoms with van der Waals surface area (Å²) in [5.41, 5.74) is 0.822. The number of hydrogen-bond acceptors (Lipinski definition) is 6. The Balaban J connectivity index is 1.34. The van der Waals surface area contributed by atoms with E-state index in [4.69, 9.17) is 4.74 Å². The molecule has 4 rings (SSSR count). The van der Waals surface area contributed by atoms with Crippen molar-refractivity contribution in [2.24, 2.45) is 5.92 Å². The van der Waals surface area contributed by atoms with Gasteiger partial charge in [0.2, 0.25) is 11.8 Å². The number of imidazole rings is 1. The van der Waals surface area contributed by atoms with Crippen molar-refractivity contribution in [2.75, 3.05) is 57.9 Å². The van der Waals surface area contributed by atoms with Gasteiger partial charge in [0, 0.05) is 65.2 Å². The maximum Gasteiger partial charge on any atom is 0.227 e. The second kappa shape index (κ2) is 8.14. The van der Waals surface area contributed by atoms with Gasteiger partial charge < -0.3 is 19.4 Å². The Morgan fingerprint density at radius 3 is 2.86 bits per heavy atom. The van der Waals surface area contributed by atoms with E-state index in [0.29, 0.717) is 45.6 Å². The van der Waals surface area contributed by atoms with Gasteiger partial charge in [-0.15, -0.1) is 5.10 Å². The molecule has 9 heteroatoms. The average Bonchev–Trinajstić information content (AvgIpc) is 3.20. The Kier molecular flexibility index (Phi) is 5.43. The molecule has 4 heterocycles. The van der Waals surface area contributed by atoms with Crippen molar-refractivity contribution in [3.05, 3.63) is 24.5 Å². The Morgan fingerprint density at radius 1 is 1.25 bits per heavy atom. The van der Waals surface area contributed by atoms with Crippen molar-refractivity contribution in [2.45, 2.75) is 12.8 Å². The lowest BCUT2D eigenvalue weighted by Gasteiger charge is -2.39. The highest BCUT2D eigenvalue weighted by Gasteiger charge is 2.33. The molecule has 0 aliphatic carbocycles. The van der Waals surface area contributed by atoms with E-state index in [1.54, 1.807) is 22.7 Å². The molecule has 0 bridgehead atoms. The molecule has 2 aromatic rings. The molecule has 0 aromatic carbocycles. The molecule has 2 aliphatic heterocycles. The fourth-order valence-corrected chi connectivity index (χ4v) is 3.92. The summed E-state index contributed by atoms with van der Waals surface area (Å²) in [6.45, 7) is 4.39. The summed E-state index contributed by atoms with van der Waals surface area (Å²) in [6.07, 6.45) is 4.64.